The molecule has 1 N–H and O–H groups in total. The molecule has 1 fully saturated rings. The number of thiazole rings is 1. The van der Waals surface area contributed by atoms with Crippen LogP contribution >= 0.6 is 11.3 Å². The van der Waals surface area contributed by atoms with Crippen LogP contribution in [-0.4, -0.2) is 58.1 Å². The van der Waals surface area contributed by atoms with Gasteiger partial charge in [0.1, 0.15) is 11.0 Å². The molecule has 5 nitrogen and oxygen atoms in total. The van der Waals surface area contributed by atoms with Gasteiger partial charge in [0.25, 0.3) is 0 Å². The first-order chi connectivity index (χ1) is 9.77. The van der Waals surface area contributed by atoms with Crippen LogP contribution in [0.2, 0.25) is 0 Å². The second kappa shape index (κ2) is 6.42. The topological polar surface area (TPSA) is 56.7 Å². The van der Waals surface area contributed by atoms with Crippen LogP contribution in [0.25, 0.3) is 0 Å². The summed E-state index contributed by atoms with van der Waals surface area (Å²) in [5.74, 6) is -0.738. The molecule has 1 aromatic heterocycles. The predicted octanol–water partition coefficient (Wildman–Crippen LogP) is 2.03. The maximum absolute atomic E-state index is 11.0. The average Bonchev–Trinajstić information content (AvgIpc) is 2.87. The van der Waals surface area contributed by atoms with Crippen LogP contribution in [0, 0.1) is 0 Å². The van der Waals surface area contributed by atoms with Crippen molar-refractivity contribution in [2.24, 2.45) is 0 Å². The molecular formula is C15H25N3O2S. The summed E-state index contributed by atoms with van der Waals surface area (Å²) in [5, 5.41) is 12.4. The molecule has 1 aromatic rings. The lowest BCUT2D eigenvalue weighted by Gasteiger charge is -2.36. The van der Waals surface area contributed by atoms with Gasteiger partial charge in [0.05, 0.1) is 12.2 Å². The summed E-state index contributed by atoms with van der Waals surface area (Å²) in [6.45, 7) is 12.6. The van der Waals surface area contributed by atoms with E-state index < -0.39 is 5.97 Å². The molecule has 1 atom stereocenters. The summed E-state index contributed by atoms with van der Waals surface area (Å²) in [6.07, 6.45) is 0. The highest BCUT2D eigenvalue weighted by Crippen LogP contribution is 2.24. The van der Waals surface area contributed by atoms with Gasteiger partial charge in [-0.15, -0.1) is 11.3 Å². The third-order valence-corrected chi connectivity index (χ3v) is 4.82. The number of carboxylic acid groups (broad SMARTS) is 1. The Morgan fingerprint density at radius 3 is 2.48 bits per heavy atom. The highest BCUT2D eigenvalue weighted by Gasteiger charge is 2.25. The maximum atomic E-state index is 11.0. The molecule has 0 bridgehead atoms. The zero-order valence-electron chi connectivity index (χ0n) is 13.3. The smallest absolute Gasteiger partial charge is 0.320 e. The van der Waals surface area contributed by atoms with Crippen LogP contribution in [-0.2, 0) is 16.8 Å². The van der Waals surface area contributed by atoms with Crippen molar-refractivity contribution in [2.75, 3.05) is 26.2 Å². The molecule has 2 heterocycles. The van der Waals surface area contributed by atoms with E-state index in [1.165, 1.54) is 0 Å². The van der Waals surface area contributed by atoms with Gasteiger partial charge in [-0.2, -0.15) is 0 Å². The van der Waals surface area contributed by atoms with Gasteiger partial charge in [-0.05, 0) is 6.92 Å². The van der Waals surface area contributed by atoms with Crippen molar-refractivity contribution < 1.29 is 9.90 Å². The number of carbonyl (C=O) groups is 1. The normalized spacial score (nSPS) is 19.6. The van der Waals surface area contributed by atoms with Gasteiger partial charge in [-0.25, -0.2) is 4.98 Å². The molecule has 1 aliphatic heterocycles. The van der Waals surface area contributed by atoms with Crippen molar-refractivity contribution in [3.8, 4) is 0 Å². The molecule has 21 heavy (non-hydrogen) atoms. The maximum Gasteiger partial charge on any atom is 0.320 e. The van der Waals surface area contributed by atoms with Crippen molar-refractivity contribution in [1.82, 2.24) is 14.8 Å². The van der Waals surface area contributed by atoms with E-state index in [-0.39, 0.29) is 11.5 Å². The van der Waals surface area contributed by atoms with Crippen LogP contribution in [0.4, 0.5) is 0 Å². The first-order valence-electron chi connectivity index (χ1n) is 7.41. The Morgan fingerprint density at radius 2 is 2.00 bits per heavy atom. The number of hydrogen-bond donors (Lipinski definition) is 1. The fourth-order valence-corrected chi connectivity index (χ4v) is 3.45. The molecule has 0 amide bonds. The zero-order valence-corrected chi connectivity index (χ0v) is 14.1. The fraction of sp³-hybridized carbons (Fsp3) is 0.733. The minimum atomic E-state index is -0.738. The molecule has 0 aromatic carbocycles. The molecule has 0 spiro atoms. The van der Waals surface area contributed by atoms with Gasteiger partial charge < -0.3 is 5.11 Å². The Labute approximate surface area is 130 Å². The Morgan fingerprint density at radius 1 is 1.38 bits per heavy atom. The Hall–Kier alpha value is -0.980. The third-order valence-electron chi connectivity index (χ3n) is 3.99. The van der Waals surface area contributed by atoms with E-state index in [2.05, 4.69) is 31.1 Å². The highest BCUT2D eigenvalue weighted by atomic mass is 32.1. The lowest BCUT2D eigenvalue weighted by atomic mass is 9.93. The molecule has 0 aliphatic carbocycles. The van der Waals surface area contributed by atoms with Crippen LogP contribution in [0.5, 0.6) is 0 Å². The van der Waals surface area contributed by atoms with E-state index in [1.54, 1.807) is 18.3 Å². The van der Waals surface area contributed by atoms with Crippen molar-refractivity contribution >= 4 is 17.3 Å². The van der Waals surface area contributed by atoms with E-state index in [0.717, 1.165) is 43.4 Å². The van der Waals surface area contributed by atoms with Gasteiger partial charge in [0.2, 0.25) is 0 Å². The summed E-state index contributed by atoms with van der Waals surface area (Å²) in [7, 11) is 0. The van der Waals surface area contributed by atoms with E-state index in [1.807, 2.05) is 4.90 Å². The summed E-state index contributed by atoms with van der Waals surface area (Å²) in [5.41, 5.74) is 1.25. The van der Waals surface area contributed by atoms with Crippen molar-refractivity contribution in [3.05, 3.63) is 16.1 Å². The quantitative estimate of drug-likeness (QED) is 0.922. The SMILES string of the molecule is CC(C(=O)O)N1CCN(Cc2nc(C(C)(C)C)cs2)CC1. The monoisotopic (exact) mass is 311 g/mol. The van der Waals surface area contributed by atoms with Gasteiger partial charge in [-0.3, -0.25) is 14.6 Å². The summed E-state index contributed by atoms with van der Waals surface area (Å²) < 4.78 is 0. The number of rotatable bonds is 4. The van der Waals surface area contributed by atoms with E-state index in [0.29, 0.717) is 0 Å². The van der Waals surface area contributed by atoms with E-state index in [9.17, 15) is 4.79 Å². The molecular weight excluding hydrogens is 286 g/mol. The molecule has 0 saturated carbocycles. The molecule has 1 aliphatic rings. The largest absolute Gasteiger partial charge is 0.480 e. The average molecular weight is 311 g/mol. The molecule has 118 valence electrons. The first kappa shape index (κ1) is 16.4. The predicted molar refractivity (Wildman–Crippen MR) is 84.8 cm³/mol. The van der Waals surface area contributed by atoms with Gasteiger partial charge in [0, 0.05) is 37.0 Å². The number of nitrogens with zero attached hydrogens (tertiary/aromatic N) is 3. The summed E-state index contributed by atoms with van der Waals surface area (Å²) in [6, 6.07) is -0.389. The first-order valence-corrected chi connectivity index (χ1v) is 8.29. The second-order valence-corrected chi connectivity index (χ2v) is 7.65. The van der Waals surface area contributed by atoms with Crippen LogP contribution in [0.1, 0.15) is 38.4 Å². The molecule has 1 unspecified atom stereocenters. The standard InChI is InChI=1S/C15H25N3O2S/c1-11(14(19)20)18-7-5-17(6-8-18)9-13-16-12(10-21-13)15(2,3)4/h10-11H,5-9H2,1-4H3,(H,19,20). The van der Waals surface area contributed by atoms with Gasteiger partial charge >= 0.3 is 5.97 Å². The van der Waals surface area contributed by atoms with Crippen LogP contribution < -0.4 is 0 Å². The lowest BCUT2D eigenvalue weighted by Crippen LogP contribution is -2.51. The molecule has 2 rings (SSSR count). The number of aliphatic carboxylic acids is 1. The van der Waals surface area contributed by atoms with Crippen molar-refractivity contribution in [1.29, 1.82) is 0 Å². The minimum Gasteiger partial charge on any atom is -0.480 e. The van der Waals surface area contributed by atoms with Gasteiger partial charge in [-0.1, -0.05) is 20.8 Å². The second-order valence-electron chi connectivity index (χ2n) is 6.70. The molecule has 1 saturated heterocycles. The lowest BCUT2D eigenvalue weighted by molar-refractivity contribution is -0.143. The number of hydrogen-bond acceptors (Lipinski definition) is 5. The number of aromatic nitrogens is 1. The van der Waals surface area contributed by atoms with Crippen molar-refractivity contribution in [2.45, 2.75) is 45.7 Å². The van der Waals surface area contributed by atoms with Gasteiger partial charge in [0.15, 0.2) is 0 Å². The van der Waals surface area contributed by atoms with Crippen LogP contribution in [0.3, 0.4) is 0 Å². The summed E-state index contributed by atoms with van der Waals surface area (Å²) >= 11 is 1.72. The van der Waals surface area contributed by atoms with Crippen LogP contribution in [0.15, 0.2) is 5.38 Å². The number of piperazine rings is 1. The molecule has 0 radical (unpaired) electrons. The zero-order chi connectivity index (χ0) is 15.6. The fourth-order valence-electron chi connectivity index (χ4n) is 2.38. The Kier molecular flexibility index (Phi) is 5.01. The summed E-state index contributed by atoms with van der Waals surface area (Å²) in [4.78, 5) is 20.1. The van der Waals surface area contributed by atoms with Crippen molar-refractivity contribution in [3.63, 3.8) is 0 Å². The molecule has 6 heteroatoms. The Balaban J connectivity index is 1.86. The Bertz CT molecular complexity index is 487. The van der Waals surface area contributed by atoms with E-state index in [4.69, 9.17) is 10.1 Å². The number of carboxylic acids is 1. The highest BCUT2D eigenvalue weighted by molar-refractivity contribution is 7.09. The third kappa shape index (κ3) is 4.25. The van der Waals surface area contributed by atoms with E-state index >= 15 is 0 Å². The minimum absolute atomic E-state index is 0.102.